The lowest BCUT2D eigenvalue weighted by atomic mass is 10.2. The van der Waals surface area contributed by atoms with Crippen LogP contribution < -0.4 is 11.1 Å². The third-order valence-corrected chi connectivity index (χ3v) is 2.28. The first-order valence-corrected chi connectivity index (χ1v) is 5.25. The van der Waals surface area contributed by atoms with Crippen LogP contribution >= 0.6 is 11.6 Å². The fraction of sp³-hybridized carbons (Fsp3) is 0.0909. The highest BCUT2D eigenvalue weighted by atomic mass is 35.5. The van der Waals surface area contributed by atoms with Crippen molar-refractivity contribution in [3.05, 3.63) is 41.1 Å². The van der Waals surface area contributed by atoms with Crippen LogP contribution in [-0.2, 0) is 0 Å². The number of nitrogen functional groups attached to an aromatic ring is 1. The van der Waals surface area contributed by atoms with Gasteiger partial charge in [-0.25, -0.2) is 14.4 Å². The number of rotatable bonds is 2. The molecule has 1 heterocycles. The molecular formula is C11H10ClFN4. The molecule has 0 fully saturated rings. The number of nitrogens with two attached hydrogens (primary N) is 1. The van der Waals surface area contributed by atoms with Gasteiger partial charge in [-0.15, -0.1) is 0 Å². The fourth-order valence-electron chi connectivity index (χ4n) is 1.37. The fourth-order valence-corrected chi connectivity index (χ4v) is 1.60. The van der Waals surface area contributed by atoms with Gasteiger partial charge in [0.2, 0.25) is 0 Å². The Morgan fingerprint density at radius 1 is 1.29 bits per heavy atom. The van der Waals surface area contributed by atoms with Gasteiger partial charge in [0.25, 0.3) is 0 Å². The van der Waals surface area contributed by atoms with E-state index < -0.39 is 0 Å². The summed E-state index contributed by atoms with van der Waals surface area (Å²) in [5, 5.41) is 3.21. The number of nitrogens with zero attached hydrogens (tertiary/aromatic N) is 2. The lowest BCUT2D eigenvalue weighted by Gasteiger charge is -2.09. The summed E-state index contributed by atoms with van der Waals surface area (Å²) in [6.45, 7) is 1.71. The van der Waals surface area contributed by atoms with Gasteiger partial charge in [0.1, 0.15) is 22.6 Å². The topological polar surface area (TPSA) is 63.8 Å². The van der Waals surface area contributed by atoms with E-state index in [2.05, 4.69) is 15.3 Å². The molecule has 0 atom stereocenters. The van der Waals surface area contributed by atoms with Crippen molar-refractivity contribution in [3.8, 4) is 0 Å². The van der Waals surface area contributed by atoms with Crippen molar-refractivity contribution in [1.82, 2.24) is 9.97 Å². The standard InChI is InChI=1S/C11H10ClFN4/c1-6-15-10(12)5-11(16-6)17-9-4-7(13)2-3-8(9)14/h2-5H,14H2,1H3,(H,15,16,17). The quantitative estimate of drug-likeness (QED) is 0.637. The number of nitrogens with one attached hydrogen (secondary N) is 1. The van der Waals surface area contributed by atoms with Crippen molar-refractivity contribution in [1.29, 1.82) is 0 Å². The molecule has 0 amide bonds. The molecule has 88 valence electrons. The van der Waals surface area contributed by atoms with Crippen LogP contribution in [0.5, 0.6) is 0 Å². The van der Waals surface area contributed by atoms with Gasteiger partial charge in [-0.05, 0) is 25.1 Å². The van der Waals surface area contributed by atoms with Crippen LogP contribution in [0.25, 0.3) is 0 Å². The summed E-state index contributed by atoms with van der Waals surface area (Å²) in [7, 11) is 0. The van der Waals surface area contributed by atoms with E-state index in [4.69, 9.17) is 17.3 Å². The highest BCUT2D eigenvalue weighted by Crippen LogP contribution is 2.23. The number of hydrogen-bond donors (Lipinski definition) is 2. The smallest absolute Gasteiger partial charge is 0.135 e. The second-order valence-electron chi connectivity index (χ2n) is 3.48. The summed E-state index contributed by atoms with van der Waals surface area (Å²) in [6, 6.07) is 5.60. The molecule has 6 heteroatoms. The van der Waals surface area contributed by atoms with Gasteiger partial charge in [0, 0.05) is 6.07 Å². The largest absolute Gasteiger partial charge is 0.397 e. The van der Waals surface area contributed by atoms with Gasteiger partial charge in [-0.3, -0.25) is 0 Å². The summed E-state index contributed by atoms with van der Waals surface area (Å²) in [4.78, 5) is 8.04. The molecule has 2 rings (SSSR count). The van der Waals surface area contributed by atoms with E-state index in [1.165, 1.54) is 18.2 Å². The van der Waals surface area contributed by atoms with Gasteiger partial charge in [-0.2, -0.15) is 0 Å². The Morgan fingerprint density at radius 2 is 2.06 bits per heavy atom. The van der Waals surface area contributed by atoms with E-state index in [-0.39, 0.29) is 5.82 Å². The van der Waals surface area contributed by atoms with Gasteiger partial charge < -0.3 is 11.1 Å². The Hall–Kier alpha value is -1.88. The number of benzene rings is 1. The molecule has 17 heavy (non-hydrogen) atoms. The molecule has 0 spiro atoms. The van der Waals surface area contributed by atoms with Gasteiger partial charge in [-0.1, -0.05) is 11.6 Å². The summed E-state index contributed by atoms with van der Waals surface area (Å²) in [6.07, 6.45) is 0. The zero-order valence-electron chi connectivity index (χ0n) is 9.04. The third-order valence-electron chi connectivity index (χ3n) is 2.08. The Bertz CT molecular complexity index is 539. The molecule has 0 saturated carbocycles. The second-order valence-corrected chi connectivity index (χ2v) is 3.87. The lowest BCUT2D eigenvalue weighted by molar-refractivity contribution is 0.628. The molecule has 0 saturated heterocycles. The SMILES string of the molecule is Cc1nc(Cl)cc(Nc2cc(F)ccc2N)n1. The molecule has 3 N–H and O–H groups in total. The molecule has 0 unspecified atom stereocenters. The maximum atomic E-state index is 13.1. The van der Waals surface area contributed by atoms with E-state index in [1.807, 2.05) is 0 Å². The lowest BCUT2D eigenvalue weighted by Crippen LogP contribution is -2.00. The number of aromatic nitrogens is 2. The molecule has 0 aliphatic rings. The van der Waals surface area contributed by atoms with Crippen molar-refractivity contribution in [2.75, 3.05) is 11.1 Å². The number of halogens is 2. The van der Waals surface area contributed by atoms with Crippen molar-refractivity contribution < 1.29 is 4.39 Å². The van der Waals surface area contributed by atoms with Crippen molar-refractivity contribution >= 4 is 28.8 Å². The zero-order chi connectivity index (χ0) is 12.4. The molecule has 4 nitrogen and oxygen atoms in total. The van der Waals surface area contributed by atoms with Crippen LogP contribution in [0, 0.1) is 12.7 Å². The van der Waals surface area contributed by atoms with E-state index >= 15 is 0 Å². The number of anilines is 3. The molecule has 0 radical (unpaired) electrons. The van der Waals surface area contributed by atoms with Crippen LogP contribution in [0.4, 0.5) is 21.6 Å². The van der Waals surface area contributed by atoms with Crippen LogP contribution in [0.3, 0.4) is 0 Å². The number of aryl methyl sites for hydroxylation is 1. The summed E-state index contributed by atoms with van der Waals surface area (Å²) in [5.74, 6) is 0.619. The molecule has 0 bridgehead atoms. The van der Waals surface area contributed by atoms with Crippen LogP contribution in [0.15, 0.2) is 24.3 Å². The maximum Gasteiger partial charge on any atom is 0.135 e. The third kappa shape index (κ3) is 2.82. The predicted molar refractivity (Wildman–Crippen MR) is 65.9 cm³/mol. The highest BCUT2D eigenvalue weighted by molar-refractivity contribution is 6.29. The molecule has 2 aromatic rings. The Labute approximate surface area is 103 Å². The summed E-state index contributed by atoms with van der Waals surface area (Å²) in [5.41, 5.74) is 6.58. The monoisotopic (exact) mass is 252 g/mol. The Morgan fingerprint density at radius 3 is 2.76 bits per heavy atom. The van der Waals surface area contributed by atoms with Gasteiger partial charge >= 0.3 is 0 Å². The molecular weight excluding hydrogens is 243 g/mol. The van der Waals surface area contributed by atoms with Crippen LogP contribution in [0.2, 0.25) is 5.15 Å². The van der Waals surface area contributed by atoms with E-state index in [0.717, 1.165) is 0 Å². The second kappa shape index (κ2) is 4.55. The van der Waals surface area contributed by atoms with Gasteiger partial charge in [0.05, 0.1) is 11.4 Å². The molecule has 1 aromatic carbocycles. The maximum absolute atomic E-state index is 13.1. The van der Waals surface area contributed by atoms with E-state index in [9.17, 15) is 4.39 Å². The van der Waals surface area contributed by atoms with Crippen LogP contribution in [0.1, 0.15) is 5.82 Å². The van der Waals surface area contributed by atoms with E-state index in [1.54, 1.807) is 13.0 Å². The number of hydrogen-bond acceptors (Lipinski definition) is 4. The molecule has 1 aromatic heterocycles. The van der Waals surface area contributed by atoms with Crippen molar-refractivity contribution in [2.24, 2.45) is 0 Å². The zero-order valence-corrected chi connectivity index (χ0v) is 9.79. The Kier molecular flexibility index (Phi) is 3.10. The minimum atomic E-state index is -0.376. The Balaban J connectivity index is 2.34. The summed E-state index contributed by atoms with van der Waals surface area (Å²) >= 11 is 5.79. The first-order chi connectivity index (χ1) is 8.04. The van der Waals surface area contributed by atoms with Crippen molar-refractivity contribution in [3.63, 3.8) is 0 Å². The summed E-state index contributed by atoms with van der Waals surface area (Å²) < 4.78 is 13.1. The molecule has 0 aliphatic carbocycles. The van der Waals surface area contributed by atoms with Crippen molar-refractivity contribution in [2.45, 2.75) is 6.92 Å². The van der Waals surface area contributed by atoms with Crippen LogP contribution in [-0.4, -0.2) is 9.97 Å². The minimum Gasteiger partial charge on any atom is -0.397 e. The first-order valence-electron chi connectivity index (χ1n) is 4.88. The normalized spacial score (nSPS) is 10.3. The predicted octanol–water partition coefficient (Wildman–Crippen LogP) is 2.90. The highest BCUT2D eigenvalue weighted by Gasteiger charge is 2.04. The van der Waals surface area contributed by atoms with E-state index in [0.29, 0.717) is 28.2 Å². The minimum absolute atomic E-state index is 0.315. The average Bonchev–Trinajstić information content (AvgIpc) is 2.22. The molecule has 0 aliphatic heterocycles. The van der Waals surface area contributed by atoms with Gasteiger partial charge in [0.15, 0.2) is 0 Å². The average molecular weight is 253 g/mol. The first kappa shape index (κ1) is 11.6.